The number of halogens is 4. The third kappa shape index (κ3) is 10.6. The molecule has 0 amide bonds. The minimum absolute atomic E-state index is 0.0121. The minimum Gasteiger partial charge on any atom is -0.462 e. The first-order chi connectivity index (χ1) is 25.5. The predicted molar refractivity (Wildman–Crippen MR) is 232 cm³/mol. The van der Waals surface area contributed by atoms with Crippen LogP contribution in [0.1, 0.15) is 95.1 Å². The zero-order valence-electron chi connectivity index (χ0n) is 33.3. The summed E-state index contributed by atoms with van der Waals surface area (Å²) in [5.41, 5.74) is -0.318. The lowest BCUT2D eigenvalue weighted by Crippen LogP contribution is -2.42. The summed E-state index contributed by atoms with van der Waals surface area (Å²) < 4.78 is 49.1. The van der Waals surface area contributed by atoms with Crippen molar-refractivity contribution in [2.24, 2.45) is 11.8 Å². The van der Waals surface area contributed by atoms with Gasteiger partial charge in [0.15, 0.2) is 8.32 Å². The van der Waals surface area contributed by atoms with E-state index in [9.17, 15) is 33.1 Å². The van der Waals surface area contributed by atoms with Gasteiger partial charge in [-0.3, -0.25) is 9.59 Å². The summed E-state index contributed by atoms with van der Waals surface area (Å²) >= 11 is 3.65. The lowest BCUT2D eigenvalue weighted by atomic mass is 10.0. The maximum atomic E-state index is 14.5. The Kier molecular flexibility index (Phi) is 16.2. The molecular formula is C40H52F2I2N2O8Si. The summed E-state index contributed by atoms with van der Waals surface area (Å²) in [5.74, 6) is -2.13. The van der Waals surface area contributed by atoms with Crippen molar-refractivity contribution in [3.63, 3.8) is 0 Å². The lowest BCUT2D eigenvalue weighted by molar-refractivity contribution is 0.0514. The molecule has 2 atom stereocenters. The number of benzene rings is 2. The maximum absolute atomic E-state index is 14.5. The number of hydrogen-bond donors (Lipinski definition) is 1. The van der Waals surface area contributed by atoms with Crippen molar-refractivity contribution in [2.75, 3.05) is 26.4 Å². The average Bonchev–Trinajstić information content (AvgIpc) is 3.08. The van der Waals surface area contributed by atoms with E-state index in [0.29, 0.717) is 26.6 Å². The molecule has 2 aromatic carbocycles. The fourth-order valence-electron chi connectivity index (χ4n) is 5.67. The molecule has 4 rings (SSSR count). The zero-order chi connectivity index (χ0) is 41.7. The molecule has 0 aliphatic rings. The van der Waals surface area contributed by atoms with Gasteiger partial charge in [-0.15, -0.1) is 0 Å². The van der Waals surface area contributed by atoms with Crippen LogP contribution in [0, 0.1) is 30.6 Å². The molecule has 0 aliphatic carbocycles. The highest BCUT2D eigenvalue weighted by molar-refractivity contribution is 14.1. The Morgan fingerprint density at radius 1 is 0.764 bits per heavy atom. The molecule has 0 spiro atoms. The van der Waals surface area contributed by atoms with Gasteiger partial charge in [-0.25, -0.2) is 18.4 Å². The highest BCUT2D eigenvalue weighted by Crippen LogP contribution is 2.38. The summed E-state index contributed by atoms with van der Waals surface area (Å²) in [5, 5.41) is 10.3. The van der Waals surface area contributed by atoms with Gasteiger partial charge in [0.05, 0.1) is 49.5 Å². The second-order valence-corrected chi connectivity index (χ2v) is 22.6. The van der Waals surface area contributed by atoms with Crippen LogP contribution in [0.25, 0.3) is 21.8 Å². The molecule has 2 heterocycles. The number of pyridine rings is 2. The Balaban J connectivity index is 0.000000305. The topological polar surface area (TPSA) is 126 Å². The van der Waals surface area contributed by atoms with Crippen LogP contribution in [0.3, 0.4) is 0 Å². The summed E-state index contributed by atoms with van der Waals surface area (Å²) in [6.45, 7) is 22.7. The van der Waals surface area contributed by atoms with Crippen LogP contribution in [0.4, 0.5) is 8.78 Å². The molecule has 2 aromatic heterocycles. The van der Waals surface area contributed by atoms with E-state index < -0.39 is 48.8 Å². The van der Waals surface area contributed by atoms with Crippen LogP contribution in [0.15, 0.2) is 46.2 Å². The van der Waals surface area contributed by atoms with Crippen molar-refractivity contribution in [3.05, 3.63) is 87.0 Å². The molecule has 0 unspecified atom stereocenters. The van der Waals surface area contributed by atoms with Gasteiger partial charge >= 0.3 is 11.9 Å². The van der Waals surface area contributed by atoms with Crippen LogP contribution >= 0.6 is 45.2 Å². The Hall–Kier alpha value is -2.74. The van der Waals surface area contributed by atoms with Gasteiger partial charge in [-0.2, -0.15) is 0 Å². The summed E-state index contributed by atoms with van der Waals surface area (Å²) in [7, 11) is -2.03. The zero-order valence-corrected chi connectivity index (χ0v) is 38.6. The van der Waals surface area contributed by atoms with Crippen molar-refractivity contribution in [1.29, 1.82) is 0 Å². The second-order valence-electron chi connectivity index (χ2n) is 15.4. The monoisotopic (exact) mass is 1010 g/mol. The lowest BCUT2D eigenvalue weighted by Gasteiger charge is -2.38. The predicted octanol–water partition coefficient (Wildman–Crippen LogP) is 9.25. The van der Waals surface area contributed by atoms with Gasteiger partial charge in [0.2, 0.25) is 10.9 Å². The van der Waals surface area contributed by atoms with Gasteiger partial charge in [0.1, 0.15) is 22.8 Å². The van der Waals surface area contributed by atoms with Gasteiger partial charge in [-0.05, 0) is 113 Å². The molecule has 0 fully saturated rings. The van der Waals surface area contributed by atoms with Crippen molar-refractivity contribution >= 4 is 87.2 Å². The Bertz CT molecular complexity index is 2160. The number of aromatic nitrogens is 2. The van der Waals surface area contributed by atoms with Crippen molar-refractivity contribution in [3.8, 4) is 0 Å². The molecule has 0 radical (unpaired) electrons. The van der Waals surface area contributed by atoms with E-state index in [-0.39, 0.29) is 62.8 Å². The normalized spacial score (nSPS) is 13.2. The highest BCUT2D eigenvalue weighted by Gasteiger charge is 2.38. The van der Waals surface area contributed by atoms with E-state index in [0.717, 1.165) is 0 Å². The quantitative estimate of drug-likeness (QED) is 0.0847. The maximum Gasteiger partial charge on any atom is 0.343 e. The minimum atomic E-state index is -2.03. The Morgan fingerprint density at radius 2 is 1.15 bits per heavy atom. The molecular weight excluding hydrogens is 956 g/mol. The number of esters is 2. The summed E-state index contributed by atoms with van der Waals surface area (Å²) in [6.07, 6.45) is 2.87. The SMILES string of the molecule is CCOC(=O)c1cn([C@@H](CO)C(C)C)c2cc(F)c(I)cc2c1=O.CCOC(=O)c1cn([C@@H](CO[Si](C)(C)C(C)(C)C)C(C)C)c2cc(F)c(I)cc2c1=O. The largest absolute Gasteiger partial charge is 0.462 e. The first-order valence-corrected chi connectivity index (χ1v) is 23.3. The molecule has 0 bridgehead atoms. The van der Waals surface area contributed by atoms with Crippen LogP contribution in [0.5, 0.6) is 0 Å². The molecule has 0 saturated heterocycles. The molecule has 4 aromatic rings. The summed E-state index contributed by atoms with van der Waals surface area (Å²) in [6, 6.07) is 4.96. The standard InChI is InChI=1S/C23H33FINO4Si.C17H19FINO4/c1-9-29-22(28)16-12-26(19-11-17(24)18(25)10-15(19)21(16)27)20(14(2)3)13-30-31(7,8)23(4,5)6;1-4-24-17(23)11-7-20(15(8-21)9(2)3)14-6-12(18)13(19)5-10(14)16(11)22/h10-12,14,20H,9,13H2,1-8H3;5-7,9,15,21H,4,8H2,1-3H3/t20-;15-/m00/s1. The molecule has 10 nitrogen and oxygen atoms in total. The molecule has 55 heavy (non-hydrogen) atoms. The number of nitrogens with zero attached hydrogens (tertiary/aromatic N) is 2. The fraction of sp³-hybridized carbons (Fsp3) is 0.500. The van der Waals surface area contributed by atoms with Crippen LogP contribution in [-0.4, -0.2) is 60.9 Å². The molecule has 0 aliphatic heterocycles. The second kappa shape index (κ2) is 19.1. The number of fused-ring (bicyclic) bond motifs is 2. The third-order valence-corrected chi connectivity index (χ3v) is 16.2. The third-order valence-electron chi connectivity index (χ3n) is 10.0. The van der Waals surface area contributed by atoms with Crippen LogP contribution < -0.4 is 10.9 Å². The number of aliphatic hydroxyl groups excluding tert-OH is 1. The number of rotatable bonds is 12. The van der Waals surface area contributed by atoms with Gasteiger partial charge in [0, 0.05) is 30.3 Å². The number of hydrogen-bond acceptors (Lipinski definition) is 8. The van der Waals surface area contributed by atoms with E-state index in [1.54, 1.807) is 41.0 Å². The fourth-order valence-corrected chi connectivity index (χ4v) is 7.62. The van der Waals surface area contributed by atoms with Gasteiger partial charge in [0.25, 0.3) is 0 Å². The smallest absolute Gasteiger partial charge is 0.343 e. The van der Waals surface area contributed by atoms with Crippen molar-refractivity contribution in [2.45, 2.75) is 92.5 Å². The average molecular weight is 1010 g/mol. The molecule has 1 N–H and O–H groups in total. The number of carbonyl (C=O) groups is 2. The Labute approximate surface area is 349 Å². The van der Waals surface area contributed by atoms with E-state index >= 15 is 0 Å². The van der Waals surface area contributed by atoms with Crippen LogP contribution in [-0.2, 0) is 13.9 Å². The van der Waals surface area contributed by atoms with Crippen molar-refractivity contribution in [1.82, 2.24) is 9.13 Å². The van der Waals surface area contributed by atoms with E-state index in [4.69, 9.17) is 13.9 Å². The summed E-state index contributed by atoms with van der Waals surface area (Å²) in [4.78, 5) is 50.3. The van der Waals surface area contributed by atoms with E-state index in [1.165, 1.54) is 36.7 Å². The first-order valence-electron chi connectivity index (χ1n) is 18.2. The number of carbonyl (C=O) groups excluding carboxylic acids is 2. The van der Waals surface area contributed by atoms with Crippen LogP contribution in [0.2, 0.25) is 18.1 Å². The van der Waals surface area contributed by atoms with E-state index in [1.807, 2.05) is 41.0 Å². The Morgan fingerprint density at radius 3 is 1.47 bits per heavy atom. The van der Waals surface area contributed by atoms with Crippen molar-refractivity contribution < 1.29 is 37.4 Å². The number of aliphatic hydroxyl groups is 1. The van der Waals surface area contributed by atoms with E-state index in [2.05, 4.69) is 47.7 Å². The van der Waals surface area contributed by atoms with Gasteiger partial charge in [-0.1, -0.05) is 48.5 Å². The molecule has 302 valence electrons. The molecule has 15 heteroatoms. The first kappa shape index (κ1) is 46.6. The van der Waals surface area contributed by atoms with Gasteiger partial charge < -0.3 is 28.1 Å². The molecule has 0 saturated carbocycles. The number of ether oxygens (including phenoxy) is 2. The highest BCUT2D eigenvalue weighted by atomic mass is 127.